The molecule has 0 N–H and O–H groups in total. The van der Waals surface area contributed by atoms with E-state index in [1.54, 1.807) is 29.1 Å². The number of aryl methyl sites for hydroxylation is 1. The predicted molar refractivity (Wildman–Crippen MR) is 79.3 cm³/mol. The highest BCUT2D eigenvalue weighted by Gasteiger charge is 2.19. The van der Waals surface area contributed by atoms with Crippen LogP contribution in [0.5, 0.6) is 0 Å². The van der Waals surface area contributed by atoms with E-state index in [9.17, 15) is 4.79 Å². The smallest absolute Gasteiger partial charge is 0.177 e. The van der Waals surface area contributed by atoms with E-state index in [0.717, 1.165) is 4.90 Å². The lowest BCUT2D eigenvalue weighted by molar-refractivity contribution is 0.0994. The number of aromatic nitrogens is 2. The van der Waals surface area contributed by atoms with E-state index in [4.69, 9.17) is 23.2 Å². The second kappa shape index (κ2) is 5.99. The Morgan fingerprint density at radius 2 is 2.16 bits per heavy atom. The molecule has 2 rings (SSSR count). The van der Waals surface area contributed by atoms with E-state index in [1.807, 2.05) is 20.2 Å². The molecule has 2 aromatic rings. The molecule has 0 saturated heterocycles. The van der Waals surface area contributed by atoms with Gasteiger partial charge < -0.3 is 0 Å². The van der Waals surface area contributed by atoms with Crippen LogP contribution in [0.15, 0.2) is 35.5 Å². The molecule has 0 spiro atoms. The fourth-order valence-corrected chi connectivity index (χ4v) is 3.09. The molecule has 19 heavy (non-hydrogen) atoms. The third-order valence-electron chi connectivity index (χ3n) is 2.56. The Bertz CT molecular complexity index is 612. The Hall–Kier alpha value is -0.970. The van der Waals surface area contributed by atoms with E-state index in [-0.39, 0.29) is 11.0 Å². The van der Waals surface area contributed by atoms with Crippen molar-refractivity contribution in [2.24, 2.45) is 7.05 Å². The molecule has 0 aliphatic rings. The van der Waals surface area contributed by atoms with Crippen LogP contribution in [0.25, 0.3) is 0 Å². The maximum atomic E-state index is 12.3. The first-order chi connectivity index (χ1) is 8.97. The number of ketones is 1. The molecule has 1 aromatic carbocycles. The minimum absolute atomic E-state index is 0.0180. The molecule has 0 fully saturated rings. The topological polar surface area (TPSA) is 34.9 Å². The Labute approximate surface area is 125 Å². The van der Waals surface area contributed by atoms with Crippen LogP contribution >= 0.6 is 35.0 Å². The summed E-state index contributed by atoms with van der Waals surface area (Å²) >= 11 is 13.3. The molecule has 0 radical (unpaired) electrons. The van der Waals surface area contributed by atoms with Gasteiger partial charge in [-0.15, -0.1) is 11.8 Å². The molecule has 1 unspecified atom stereocenters. The number of halogens is 2. The van der Waals surface area contributed by atoms with Gasteiger partial charge in [0.2, 0.25) is 0 Å². The number of carbonyl (C=O) groups excluding carboxylic acids is 1. The Morgan fingerprint density at radius 3 is 2.74 bits per heavy atom. The van der Waals surface area contributed by atoms with Crippen molar-refractivity contribution in [2.45, 2.75) is 17.1 Å². The molecule has 1 atom stereocenters. The number of hydrogen-bond donors (Lipinski definition) is 0. The van der Waals surface area contributed by atoms with Gasteiger partial charge in [-0.1, -0.05) is 23.2 Å². The van der Waals surface area contributed by atoms with Gasteiger partial charge in [0, 0.05) is 28.7 Å². The molecule has 100 valence electrons. The summed E-state index contributed by atoms with van der Waals surface area (Å²) < 4.78 is 1.70. The van der Waals surface area contributed by atoms with Gasteiger partial charge in [0.25, 0.3) is 0 Å². The van der Waals surface area contributed by atoms with Crippen molar-refractivity contribution in [3.05, 3.63) is 46.2 Å². The molecule has 0 aliphatic heterocycles. The summed E-state index contributed by atoms with van der Waals surface area (Å²) in [5.74, 6) is -0.0180. The molecule has 0 bridgehead atoms. The van der Waals surface area contributed by atoms with Crippen LogP contribution in [-0.4, -0.2) is 20.8 Å². The van der Waals surface area contributed by atoms with Crippen LogP contribution in [0.2, 0.25) is 10.0 Å². The fourth-order valence-electron chi connectivity index (χ4n) is 1.63. The van der Waals surface area contributed by atoms with E-state index in [2.05, 4.69) is 5.10 Å². The van der Waals surface area contributed by atoms with Crippen molar-refractivity contribution < 1.29 is 4.79 Å². The van der Waals surface area contributed by atoms with Gasteiger partial charge in [-0.2, -0.15) is 5.10 Å². The maximum Gasteiger partial charge on any atom is 0.177 e. The van der Waals surface area contributed by atoms with Crippen molar-refractivity contribution in [2.75, 3.05) is 0 Å². The van der Waals surface area contributed by atoms with Crippen LogP contribution in [0.3, 0.4) is 0 Å². The zero-order chi connectivity index (χ0) is 14.0. The number of rotatable bonds is 4. The number of thioether (sulfide) groups is 1. The summed E-state index contributed by atoms with van der Waals surface area (Å²) in [6.45, 7) is 1.85. The van der Waals surface area contributed by atoms with E-state index >= 15 is 0 Å². The van der Waals surface area contributed by atoms with E-state index in [1.165, 1.54) is 11.8 Å². The SMILES string of the molecule is CC(Sc1cnn(C)c1)C(=O)c1ccc(Cl)cc1Cl. The fraction of sp³-hybridized carbons (Fsp3) is 0.231. The highest BCUT2D eigenvalue weighted by atomic mass is 35.5. The lowest BCUT2D eigenvalue weighted by Gasteiger charge is -2.10. The first-order valence-electron chi connectivity index (χ1n) is 5.62. The van der Waals surface area contributed by atoms with Crippen LogP contribution in [-0.2, 0) is 7.05 Å². The largest absolute Gasteiger partial charge is 0.293 e. The lowest BCUT2D eigenvalue weighted by Crippen LogP contribution is -2.13. The van der Waals surface area contributed by atoms with Gasteiger partial charge in [0.1, 0.15) is 0 Å². The average Bonchev–Trinajstić information content (AvgIpc) is 2.74. The Kier molecular flexibility index (Phi) is 4.55. The summed E-state index contributed by atoms with van der Waals surface area (Å²) in [4.78, 5) is 13.3. The summed E-state index contributed by atoms with van der Waals surface area (Å²) in [6.07, 6.45) is 3.61. The minimum atomic E-state index is -0.233. The van der Waals surface area contributed by atoms with Crippen molar-refractivity contribution in [3.63, 3.8) is 0 Å². The number of benzene rings is 1. The van der Waals surface area contributed by atoms with Gasteiger partial charge in [-0.05, 0) is 25.1 Å². The summed E-state index contributed by atoms with van der Waals surface area (Å²) in [5, 5.41) is 4.75. The van der Waals surface area contributed by atoms with Gasteiger partial charge >= 0.3 is 0 Å². The molecular weight excluding hydrogens is 303 g/mol. The van der Waals surface area contributed by atoms with E-state index < -0.39 is 0 Å². The molecule has 0 aliphatic carbocycles. The Balaban J connectivity index is 2.14. The first kappa shape index (κ1) is 14.4. The number of nitrogens with zero attached hydrogens (tertiary/aromatic N) is 2. The number of hydrogen-bond acceptors (Lipinski definition) is 3. The highest BCUT2D eigenvalue weighted by Crippen LogP contribution is 2.28. The van der Waals surface area contributed by atoms with Crippen LogP contribution in [0, 0.1) is 0 Å². The average molecular weight is 315 g/mol. The maximum absolute atomic E-state index is 12.3. The van der Waals surface area contributed by atoms with Crippen LogP contribution in [0.4, 0.5) is 0 Å². The molecule has 3 nitrogen and oxygen atoms in total. The van der Waals surface area contributed by atoms with Gasteiger partial charge in [0.15, 0.2) is 5.78 Å². The summed E-state index contributed by atoms with van der Waals surface area (Å²) in [7, 11) is 1.84. The minimum Gasteiger partial charge on any atom is -0.293 e. The quantitative estimate of drug-likeness (QED) is 0.629. The second-order valence-electron chi connectivity index (χ2n) is 4.10. The first-order valence-corrected chi connectivity index (χ1v) is 7.25. The Morgan fingerprint density at radius 1 is 1.42 bits per heavy atom. The standard InChI is InChI=1S/C13H12Cl2N2OS/c1-8(19-10-6-16-17(2)7-10)13(18)11-4-3-9(14)5-12(11)15/h3-8H,1-2H3. The van der Waals surface area contributed by atoms with Gasteiger partial charge in [0.05, 0.1) is 16.5 Å². The van der Waals surface area contributed by atoms with Crippen molar-refractivity contribution in [1.82, 2.24) is 9.78 Å². The third-order valence-corrected chi connectivity index (χ3v) is 4.16. The van der Waals surface area contributed by atoms with Crippen LogP contribution in [0.1, 0.15) is 17.3 Å². The van der Waals surface area contributed by atoms with Crippen molar-refractivity contribution in [3.8, 4) is 0 Å². The molecule has 0 saturated carbocycles. The zero-order valence-electron chi connectivity index (χ0n) is 10.4. The second-order valence-corrected chi connectivity index (χ2v) is 6.36. The monoisotopic (exact) mass is 314 g/mol. The van der Waals surface area contributed by atoms with Gasteiger partial charge in [-0.3, -0.25) is 9.48 Å². The summed E-state index contributed by atoms with van der Waals surface area (Å²) in [5.41, 5.74) is 0.495. The molecule has 1 heterocycles. The summed E-state index contributed by atoms with van der Waals surface area (Å²) in [6, 6.07) is 4.91. The number of Topliss-reactive ketones (excluding diaryl/α,β-unsaturated/α-hetero) is 1. The zero-order valence-corrected chi connectivity index (χ0v) is 12.8. The lowest BCUT2D eigenvalue weighted by atomic mass is 10.1. The van der Waals surface area contributed by atoms with Crippen LogP contribution < -0.4 is 0 Å². The normalized spacial score (nSPS) is 12.4. The van der Waals surface area contributed by atoms with Gasteiger partial charge in [-0.25, -0.2) is 0 Å². The molecular formula is C13H12Cl2N2OS. The van der Waals surface area contributed by atoms with E-state index in [0.29, 0.717) is 15.6 Å². The third kappa shape index (κ3) is 3.53. The number of carbonyl (C=O) groups is 1. The van der Waals surface area contributed by atoms with Crippen molar-refractivity contribution in [1.29, 1.82) is 0 Å². The van der Waals surface area contributed by atoms with Crippen molar-refractivity contribution >= 4 is 40.7 Å². The molecule has 1 aromatic heterocycles. The molecule has 6 heteroatoms. The predicted octanol–water partition coefficient (Wildman–Crippen LogP) is 4.09. The molecule has 0 amide bonds. The highest BCUT2D eigenvalue weighted by molar-refractivity contribution is 8.00.